The molecule has 2 saturated carbocycles. The van der Waals surface area contributed by atoms with Gasteiger partial charge in [0.1, 0.15) is 6.10 Å². The quantitative estimate of drug-likeness (QED) is 0.302. The van der Waals surface area contributed by atoms with Crippen LogP contribution in [0.25, 0.3) is 0 Å². The lowest BCUT2D eigenvalue weighted by atomic mass is 9.43. The van der Waals surface area contributed by atoms with E-state index in [2.05, 4.69) is 32.1 Å². The van der Waals surface area contributed by atoms with Gasteiger partial charge in [-0.3, -0.25) is 4.79 Å². The minimum absolute atomic E-state index is 0.0106. The Bertz CT molecular complexity index is 743. The Morgan fingerprint density at radius 3 is 2.59 bits per heavy atom. The smallest absolute Gasteiger partial charge is 0.302 e. The van der Waals surface area contributed by atoms with Crippen LogP contribution >= 0.6 is 11.6 Å². The van der Waals surface area contributed by atoms with E-state index in [9.17, 15) is 4.79 Å². The predicted octanol–water partition coefficient (Wildman–Crippen LogP) is 6.23. The third-order valence-electron chi connectivity index (χ3n) is 9.11. The molecule has 4 aliphatic rings. The number of rotatable bonds is 1. The van der Waals surface area contributed by atoms with Gasteiger partial charge in [-0.05, 0) is 99.0 Å². The van der Waals surface area contributed by atoms with Crippen LogP contribution in [0.15, 0.2) is 11.1 Å². The number of carbonyl (C=O) groups excluding carboxylic acids is 1. The first-order chi connectivity index (χ1) is 12.7. The normalized spacial score (nSPS) is 45.9. The molecule has 0 amide bonds. The lowest BCUT2D eigenvalue weighted by Crippen LogP contribution is -2.55. The van der Waals surface area contributed by atoms with Gasteiger partial charge in [0.05, 0.1) is 5.41 Å². The van der Waals surface area contributed by atoms with Crippen LogP contribution in [-0.4, -0.2) is 12.1 Å². The SMILES string of the molecule is CC(=O)O[C@@H]1CC[C@]2(C)[C@H]3CCC4=C(CC[C@@]4(C)C#CCl)[C@@H]3CC[C@@]2(C)C1. The van der Waals surface area contributed by atoms with Crippen molar-refractivity contribution in [2.75, 3.05) is 0 Å². The summed E-state index contributed by atoms with van der Waals surface area (Å²) in [5, 5.41) is 2.68. The van der Waals surface area contributed by atoms with Crippen LogP contribution in [0.2, 0.25) is 0 Å². The Morgan fingerprint density at radius 1 is 1.11 bits per heavy atom. The summed E-state index contributed by atoms with van der Waals surface area (Å²) in [7, 11) is 0. The molecule has 4 rings (SSSR count). The second kappa shape index (κ2) is 6.55. The van der Waals surface area contributed by atoms with E-state index in [0.29, 0.717) is 5.41 Å². The molecule has 0 aromatic heterocycles. The second-order valence-electron chi connectivity index (χ2n) is 10.3. The molecule has 2 fully saturated rings. The number of carbonyl (C=O) groups is 1. The number of hydrogen-bond acceptors (Lipinski definition) is 2. The van der Waals surface area contributed by atoms with Crippen LogP contribution in [0.3, 0.4) is 0 Å². The topological polar surface area (TPSA) is 26.3 Å². The molecule has 0 spiro atoms. The first kappa shape index (κ1) is 19.4. The Hall–Kier alpha value is -0.940. The summed E-state index contributed by atoms with van der Waals surface area (Å²) in [5.41, 5.74) is 4.00. The molecular weight excluding hydrogens is 356 g/mol. The molecule has 4 aliphatic carbocycles. The zero-order valence-electron chi connectivity index (χ0n) is 17.3. The second-order valence-corrected chi connectivity index (χ2v) is 10.5. The van der Waals surface area contributed by atoms with E-state index in [1.807, 2.05) is 0 Å². The van der Waals surface area contributed by atoms with E-state index in [1.54, 1.807) is 18.1 Å². The number of allylic oxidation sites excluding steroid dienone is 2. The first-order valence-corrected chi connectivity index (χ1v) is 11.1. The summed E-state index contributed by atoms with van der Waals surface area (Å²) in [5.74, 6) is 4.69. The van der Waals surface area contributed by atoms with Gasteiger partial charge >= 0.3 is 5.97 Å². The van der Waals surface area contributed by atoms with Crippen LogP contribution in [-0.2, 0) is 9.53 Å². The van der Waals surface area contributed by atoms with Crippen molar-refractivity contribution in [2.45, 2.75) is 91.6 Å². The van der Waals surface area contributed by atoms with E-state index >= 15 is 0 Å². The number of fused-ring (bicyclic) bond motifs is 4. The highest BCUT2D eigenvalue weighted by Gasteiger charge is 2.59. The first-order valence-electron chi connectivity index (χ1n) is 10.7. The fourth-order valence-corrected chi connectivity index (χ4v) is 7.65. The average molecular weight is 389 g/mol. The van der Waals surface area contributed by atoms with Crippen molar-refractivity contribution in [1.82, 2.24) is 0 Å². The summed E-state index contributed by atoms with van der Waals surface area (Å²) in [6.45, 7) is 8.86. The Morgan fingerprint density at radius 2 is 1.89 bits per heavy atom. The molecule has 0 bridgehead atoms. The maximum absolute atomic E-state index is 11.5. The minimum Gasteiger partial charge on any atom is -0.463 e. The number of ether oxygens (including phenoxy) is 1. The highest BCUT2D eigenvalue weighted by molar-refractivity contribution is 6.30. The van der Waals surface area contributed by atoms with Gasteiger partial charge in [0.25, 0.3) is 0 Å². The zero-order valence-corrected chi connectivity index (χ0v) is 18.0. The van der Waals surface area contributed by atoms with Gasteiger partial charge in [-0.15, -0.1) is 0 Å². The standard InChI is InChI=1S/C24H33ClO2/c1-16(26)27-17-7-12-24(4)21-6-5-20-18(8-10-22(20,2)13-14-25)19(21)9-11-23(24,3)15-17/h17,19,21H,5-12,15H2,1-4H3/t17-,19+,21+,22+,23+,24-/m1/s1. The van der Waals surface area contributed by atoms with E-state index in [0.717, 1.165) is 31.1 Å². The van der Waals surface area contributed by atoms with E-state index in [4.69, 9.17) is 16.3 Å². The lowest BCUT2D eigenvalue weighted by Gasteiger charge is -2.62. The minimum atomic E-state index is -0.126. The van der Waals surface area contributed by atoms with Gasteiger partial charge in [-0.1, -0.05) is 30.9 Å². The van der Waals surface area contributed by atoms with Crippen LogP contribution in [0, 0.1) is 39.4 Å². The van der Waals surface area contributed by atoms with Crippen LogP contribution in [0.5, 0.6) is 0 Å². The highest BCUT2D eigenvalue weighted by atomic mass is 35.5. The molecule has 0 unspecified atom stereocenters. The Kier molecular flexibility index (Phi) is 4.70. The van der Waals surface area contributed by atoms with Gasteiger partial charge in [0.15, 0.2) is 0 Å². The Labute approximate surface area is 169 Å². The Balaban J connectivity index is 1.62. The van der Waals surface area contributed by atoms with E-state index in [-0.39, 0.29) is 22.9 Å². The van der Waals surface area contributed by atoms with Crippen LogP contribution in [0.4, 0.5) is 0 Å². The lowest BCUT2D eigenvalue weighted by molar-refractivity contribution is -0.165. The summed E-state index contributed by atoms with van der Waals surface area (Å²) in [4.78, 5) is 11.5. The van der Waals surface area contributed by atoms with Gasteiger partial charge < -0.3 is 4.74 Å². The molecule has 6 atom stereocenters. The maximum atomic E-state index is 11.5. The molecule has 0 N–H and O–H groups in total. The van der Waals surface area contributed by atoms with Crippen molar-refractivity contribution in [3.8, 4) is 11.3 Å². The molecular formula is C24H33ClO2. The van der Waals surface area contributed by atoms with E-state index in [1.165, 1.54) is 38.5 Å². The van der Waals surface area contributed by atoms with Gasteiger partial charge in [-0.2, -0.15) is 0 Å². The fraction of sp³-hybridized carbons (Fsp3) is 0.792. The van der Waals surface area contributed by atoms with Crippen LogP contribution < -0.4 is 0 Å². The van der Waals surface area contributed by atoms with Gasteiger partial charge in [0.2, 0.25) is 0 Å². The van der Waals surface area contributed by atoms with Crippen molar-refractivity contribution >= 4 is 17.6 Å². The molecule has 0 aromatic carbocycles. The highest BCUT2D eigenvalue weighted by Crippen LogP contribution is 2.68. The molecule has 148 valence electrons. The summed E-state index contributed by atoms with van der Waals surface area (Å²) in [6, 6.07) is 0. The molecule has 0 radical (unpaired) electrons. The molecule has 27 heavy (non-hydrogen) atoms. The summed E-state index contributed by atoms with van der Waals surface area (Å²) >= 11 is 5.80. The summed E-state index contributed by atoms with van der Waals surface area (Å²) in [6.07, 6.45) is 10.7. The summed E-state index contributed by atoms with van der Waals surface area (Å²) < 4.78 is 5.63. The molecule has 0 saturated heterocycles. The number of hydrogen-bond donors (Lipinski definition) is 0. The van der Waals surface area contributed by atoms with Gasteiger partial charge in [0, 0.05) is 12.3 Å². The van der Waals surface area contributed by atoms with Crippen molar-refractivity contribution in [2.24, 2.45) is 28.1 Å². The monoisotopic (exact) mass is 388 g/mol. The largest absolute Gasteiger partial charge is 0.463 e. The molecule has 3 heteroatoms. The fourth-order valence-electron chi connectivity index (χ4n) is 7.44. The maximum Gasteiger partial charge on any atom is 0.302 e. The zero-order chi connectivity index (χ0) is 19.4. The molecule has 0 heterocycles. The van der Waals surface area contributed by atoms with Crippen molar-refractivity contribution in [3.63, 3.8) is 0 Å². The average Bonchev–Trinajstić information content (AvgIpc) is 2.93. The molecule has 0 aromatic rings. The molecule has 0 aliphatic heterocycles. The van der Waals surface area contributed by atoms with E-state index < -0.39 is 0 Å². The number of esters is 1. The van der Waals surface area contributed by atoms with Gasteiger partial charge in [-0.25, -0.2) is 0 Å². The van der Waals surface area contributed by atoms with Crippen molar-refractivity contribution < 1.29 is 9.53 Å². The van der Waals surface area contributed by atoms with Crippen LogP contribution in [0.1, 0.15) is 85.5 Å². The predicted molar refractivity (Wildman–Crippen MR) is 109 cm³/mol. The third kappa shape index (κ3) is 2.88. The van der Waals surface area contributed by atoms with Crippen molar-refractivity contribution in [3.05, 3.63) is 11.1 Å². The number of halogens is 1. The third-order valence-corrected chi connectivity index (χ3v) is 9.21. The van der Waals surface area contributed by atoms with Crippen molar-refractivity contribution in [1.29, 1.82) is 0 Å². The molecule has 2 nitrogen and oxygen atoms in total.